The van der Waals surface area contributed by atoms with Gasteiger partial charge in [-0.1, -0.05) is 18.2 Å². The number of methoxy groups -OCH3 is 3. The second-order valence-electron chi connectivity index (χ2n) is 8.66. The number of carboxylic acids is 1. The minimum absolute atomic E-state index is 0.0429. The van der Waals surface area contributed by atoms with Crippen molar-refractivity contribution >= 4 is 46.4 Å². The molecule has 3 aromatic carbocycles. The number of thioether (sulfide) groups is 1. The Bertz CT molecular complexity index is 1660. The Balaban J connectivity index is 1.64. The minimum atomic E-state index is -1.11. The molecule has 0 bridgehead atoms. The Morgan fingerprint density at radius 3 is 2.40 bits per heavy atom. The van der Waals surface area contributed by atoms with Gasteiger partial charge in [0.25, 0.3) is 0 Å². The van der Waals surface area contributed by atoms with E-state index in [-0.39, 0.29) is 11.5 Å². The first kappa shape index (κ1) is 30.7. The first-order valence-corrected chi connectivity index (χ1v) is 14.5. The maximum Gasteiger partial charge on any atom is 0.342 e. The molecule has 0 saturated heterocycles. The van der Waals surface area contributed by atoms with Crippen molar-refractivity contribution in [2.24, 2.45) is 0 Å². The van der Waals surface area contributed by atoms with Crippen molar-refractivity contribution in [1.82, 2.24) is 14.8 Å². The SMILES string of the molecule is CCn1c(S/C(=C\c2cc(I)c(OCc3ccccc3C#N)c(OC)c2)C(=O)O)nnc1-c1cc(OC)cc(OC)c1. The molecule has 0 aliphatic rings. The molecule has 1 heterocycles. The van der Waals surface area contributed by atoms with Crippen molar-refractivity contribution in [2.45, 2.75) is 25.2 Å². The molecule has 4 aromatic rings. The topological polar surface area (TPSA) is 129 Å². The number of rotatable bonds is 12. The molecule has 0 atom stereocenters. The van der Waals surface area contributed by atoms with Crippen molar-refractivity contribution in [3.63, 3.8) is 0 Å². The normalized spacial score (nSPS) is 11.1. The number of benzene rings is 3. The van der Waals surface area contributed by atoms with Gasteiger partial charge in [0.2, 0.25) is 0 Å². The van der Waals surface area contributed by atoms with Crippen LogP contribution in [0.15, 0.2) is 64.7 Å². The molecule has 42 heavy (non-hydrogen) atoms. The van der Waals surface area contributed by atoms with Crippen LogP contribution in [0, 0.1) is 14.9 Å². The van der Waals surface area contributed by atoms with Gasteiger partial charge in [0, 0.05) is 23.7 Å². The molecule has 0 radical (unpaired) electrons. The van der Waals surface area contributed by atoms with E-state index in [2.05, 4.69) is 38.9 Å². The number of nitriles is 1. The first-order chi connectivity index (χ1) is 20.3. The Morgan fingerprint density at radius 2 is 1.79 bits per heavy atom. The van der Waals surface area contributed by atoms with E-state index < -0.39 is 5.97 Å². The van der Waals surface area contributed by atoms with Gasteiger partial charge in [0.15, 0.2) is 22.5 Å². The fraction of sp³-hybridized carbons (Fsp3) is 0.200. The average molecular weight is 699 g/mol. The van der Waals surface area contributed by atoms with E-state index in [9.17, 15) is 15.2 Å². The number of hydrogen-bond acceptors (Lipinski definition) is 9. The van der Waals surface area contributed by atoms with Crippen LogP contribution in [0.4, 0.5) is 0 Å². The molecule has 1 aromatic heterocycles. The highest BCUT2D eigenvalue weighted by atomic mass is 127. The monoisotopic (exact) mass is 698 g/mol. The van der Waals surface area contributed by atoms with Gasteiger partial charge >= 0.3 is 5.97 Å². The van der Waals surface area contributed by atoms with E-state index in [1.54, 1.807) is 50.6 Å². The van der Waals surface area contributed by atoms with E-state index in [1.807, 2.05) is 35.8 Å². The van der Waals surface area contributed by atoms with Crippen LogP contribution in [0.3, 0.4) is 0 Å². The van der Waals surface area contributed by atoms with Crippen LogP contribution in [0.2, 0.25) is 0 Å². The van der Waals surface area contributed by atoms with Crippen LogP contribution < -0.4 is 18.9 Å². The summed E-state index contributed by atoms with van der Waals surface area (Å²) < 4.78 is 24.9. The lowest BCUT2D eigenvalue weighted by Crippen LogP contribution is -2.03. The van der Waals surface area contributed by atoms with Crippen molar-refractivity contribution in [3.05, 3.63) is 79.8 Å². The summed E-state index contributed by atoms with van der Waals surface area (Å²) in [4.78, 5) is 12.4. The van der Waals surface area contributed by atoms with Gasteiger partial charge < -0.3 is 28.6 Å². The van der Waals surface area contributed by atoms with Gasteiger partial charge in [-0.25, -0.2) is 4.79 Å². The summed E-state index contributed by atoms with van der Waals surface area (Å²) in [6, 6.07) is 18.3. The number of ether oxygens (including phenoxy) is 4. The van der Waals surface area contributed by atoms with Crippen molar-refractivity contribution in [1.29, 1.82) is 5.26 Å². The van der Waals surface area contributed by atoms with Crippen molar-refractivity contribution in [3.8, 4) is 40.5 Å². The summed E-state index contributed by atoms with van der Waals surface area (Å²) in [5.74, 6) is 1.57. The van der Waals surface area contributed by atoms with Crippen LogP contribution >= 0.6 is 34.4 Å². The Kier molecular flexibility index (Phi) is 10.3. The molecule has 0 saturated carbocycles. The highest BCUT2D eigenvalue weighted by molar-refractivity contribution is 14.1. The molecule has 0 aliphatic carbocycles. The van der Waals surface area contributed by atoms with E-state index in [0.29, 0.717) is 55.2 Å². The second kappa shape index (κ2) is 14.1. The van der Waals surface area contributed by atoms with Crippen LogP contribution in [0.5, 0.6) is 23.0 Å². The standard InChI is InChI=1S/C30H27IN4O6S/c1-5-35-28(21-13-22(38-2)15-23(14-21)39-3)33-34-30(35)42-26(29(36)37)12-18-10-24(31)27(25(11-18)40-4)41-17-20-9-7-6-8-19(20)16-32/h6-15H,5,17H2,1-4H3,(H,36,37)/b26-12-. The number of halogens is 1. The Hall–Kier alpha value is -4.22. The summed E-state index contributed by atoms with van der Waals surface area (Å²) in [5, 5.41) is 28.5. The molecule has 0 unspecified atom stereocenters. The largest absolute Gasteiger partial charge is 0.497 e. The summed E-state index contributed by atoms with van der Waals surface area (Å²) in [6.07, 6.45) is 1.55. The number of aliphatic carboxylic acids is 1. The highest BCUT2D eigenvalue weighted by Gasteiger charge is 2.20. The number of aromatic nitrogens is 3. The molecule has 0 amide bonds. The van der Waals surface area contributed by atoms with Gasteiger partial charge in [-0.2, -0.15) is 5.26 Å². The molecule has 0 spiro atoms. The summed E-state index contributed by atoms with van der Waals surface area (Å²) in [6.45, 7) is 2.61. The Labute approximate surface area is 261 Å². The third-order valence-corrected chi connectivity index (χ3v) is 7.91. The molecule has 0 fully saturated rings. The molecule has 12 heteroatoms. The quantitative estimate of drug-likeness (QED) is 0.103. The third kappa shape index (κ3) is 6.97. The molecular formula is C30H27IN4O6S. The van der Waals surface area contributed by atoms with Crippen LogP contribution in [0.1, 0.15) is 23.6 Å². The predicted octanol–water partition coefficient (Wildman–Crippen LogP) is 6.26. The molecule has 0 aliphatic heterocycles. The third-order valence-electron chi connectivity index (χ3n) is 6.11. The lowest BCUT2D eigenvalue weighted by molar-refractivity contribution is -0.131. The van der Waals surface area contributed by atoms with Crippen LogP contribution in [-0.2, 0) is 17.9 Å². The van der Waals surface area contributed by atoms with E-state index in [1.165, 1.54) is 7.11 Å². The predicted molar refractivity (Wildman–Crippen MR) is 167 cm³/mol. The smallest absolute Gasteiger partial charge is 0.342 e. The number of carbonyl (C=O) groups is 1. The highest BCUT2D eigenvalue weighted by Crippen LogP contribution is 2.37. The second-order valence-corrected chi connectivity index (χ2v) is 10.8. The molecule has 4 rings (SSSR count). The zero-order valence-electron chi connectivity index (χ0n) is 23.3. The van der Waals surface area contributed by atoms with Gasteiger partial charge in [0.05, 0.1) is 36.5 Å². The maximum atomic E-state index is 12.3. The van der Waals surface area contributed by atoms with E-state index >= 15 is 0 Å². The van der Waals surface area contributed by atoms with Crippen molar-refractivity contribution < 1.29 is 28.8 Å². The van der Waals surface area contributed by atoms with Gasteiger partial charge in [-0.05, 0) is 83.2 Å². The number of nitrogens with zero attached hydrogens (tertiary/aromatic N) is 4. The summed E-state index contributed by atoms with van der Waals surface area (Å²) >= 11 is 3.11. The van der Waals surface area contributed by atoms with Gasteiger partial charge in [-0.3, -0.25) is 0 Å². The van der Waals surface area contributed by atoms with Gasteiger partial charge in [0.1, 0.15) is 23.0 Å². The molecular weight excluding hydrogens is 671 g/mol. The first-order valence-electron chi connectivity index (χ1n) is 12.6. The maximum absolute atomic E-state index is 12.3. The van der Waals surface area contributed by atoms with Crippen LogP contribution in [-0.4, -0.2) is 47.2 Å². The van der Waals surface area contributed by atoms with E-state index in [0.717, 1.165) is 22.9 Å². The lowest BCUT2D eigenvalue weighted by Gasteiger charge is -2.14. The van der Waals surface area contributed by atoms with E-state index in [4.69, 9.17) is 18.9 Å². The lowest BCUT2D eigenvalue weighted by atomic mass is 10.1. The average Bonchev–Trinajstić information content (AvgIpc) is 3.42. The minimum Gasteiger partial charge on any atom is -0.497 e. The van der Waals surface area contributed by atoms with Gasteiger partial charge in [-0.15, -0.1) is 10.2 Å². The van der Waals surface area contributed by atoms with Crippen molar-refractivity contribution in [2.75, 3.05) is 21.3 Å². The zero-order valence-corrected chi connectivity index (χ0v) is 26.2. The fourth-order valence-corrected chi connectivity index (χ4v) is 5.72. The fourth-order valence-electron chi connectivity index (χ4n) is 4.05. The summed E-state index contributed by atoms with van der Waals surface area (Å²) in [5.41, 5.74) is 2.60. The molecule has 10 nitrogen and oxygen atoms in total. The zero-order chi connectivity index (χ0) is 30.2. The Morgan fingerprint density at radius 1 is 1.07 bits per heavy atom. The number of carboxylic acid groups (broad SMARTS) is 1. The molecule has 216 valence electrons. The van der Waals surface area contributed by atoms with Crippen LogP contribution in [0.25, 0.3) is 17.5 Å². The molecule has 1 N–H and O–H groups in total. The summed E-state index contributed by atoms with van der Waals surface area (Å²) in [7, 11) is 4.65. The number of hydrogen-bond donors (Lipinski definition) is 1.